The van der Waals surface area contributed by atoms with Crippen LogP contribution in [0.2, 0.25) is 0 Å². The summed E-state index contributed by atoms with van der Waals surface area (Å²) >= 11 is 4.99. The van der Waals surface area contributed by atoms with Gasteiger partial charge in [0.25, 0.3) is 0 Å². The predicted molar refractivity (Wildman–Crippen MR) is 69.5 cm³/mol. The lowest BCUT2D eigenvalue weighted by molar-refractivity contribution is -0.121. The molecule has 0 spiro atoms. The van der Waals surface area contributed by atoms with E-state index in [0.717, 1.165) is 27.9 Å². The molecule has 1 saturated carbocycles. The average molecular weight is 303 g/mol. The van der Waals surface area contributed by atoms with Crippen LogP contribution in [0.3, 0.4) is 0 Å². The molecule has 0 bridgehead atoms. The van der Waals surface area contributed by atoms with Gasteiger partial charge >= 0.3 is 0 Å². The van der Waals surface area contributed by atoms with Crippen LogP contribution in [0.4, 0.5) is 0 Å². The van der Waals surface area contributed by atoms with Crippen molar-refractivity contribution >= 4 is 33.2 Å². The quantitative estimate of drug-likeness (QED) is 0.898. The van der Waals surface area contributed by atoms with Gasteiger partial charge in [-0.3, -0.25) is 4.79 Å². The first-order valence-corrected chi connectivity index (χ1v) is 7.03. The minimum absolute atomic E-state index is 0.105. The number of amides is 1. The van der Waals surface area contributed by atoms with Gasteiger partial charge < -0.3 is 11.1 Å². The van der Waals surface area contributed by atoms with E-state index in [4.69, 9.17) is 5.73 Å². The number of hydrogen-bond donors (Lipinski definition) is 2. The topological polar surface area (TPSA) is 55.1 Å². The molecule has 0 radical (unpaired) electrons. The van der Waals surface area contributed by atoms with Crippen molar-refractivity contribution < 1.29 is 4.79 Å². The molecule has 0 aliphatic heterocycles. The van der Waals surface area contributed by atoms with Crippen LogP contribution in [0.15, 0.2) is 15.9 Å². The highest BCUT2D eigenvalue weighted by Crippen LogP contribution is 2.23. The monoisotopic (exact) mass is 302 g/mol. The molecule has 1 heterocycles. The molecule has 1 aromatic rings. The van der Waals surface area contributed by atoms with Gasteiger partial charge in [0, 0.05) is 17.0 Å². The fraction of sp³-hybridized carbons (Fsp3) is 0.545. The molecule has 1 aliphatic carbocycles. The molecular formula is C11H15BrN2OS. The first-order valence-electron chi connectivity index (χ1n) is 5.42. The third kappa shape index (κ3) is 3.30. The zero-order valence-corrected chi connectivity index (χ0v) is 11.3. The van der Waals surface area contributed by atoms with Crippen molar-refractivity contribution in [2.24, 2.45) is 5.73 Å². The zero-order chi connectivity index (χ0) is 11.5. The second kappa shape index (κ2) is 5.29. The molecule has 3 nitrogen and oxygen atoms in total. The van der Waals surface area contributed by atoms with Crippen molar-refractivity contribution in [2.45, 2.75) is 37.8 Å². The van der Waals surface area contributed by atoms with Gasteiger partial charge in [-0.1, -0.05) is 0 Å². The minimum atomic E-state index is 0.105. The predicted octanol–water partition coefficient (Wildman–Crippen LogP) is 2.05. The van der Waals surface area contributed by atoms with Gasteiger partial charge in [-0.05, 0) is 47.3 Å². The minimum Gasteiger partial charge on any atom is -0.353 e. The van der Waals surface area contributed by atoms with Crippen molar-refractivity contribution in [1.82, 2.24) is 5.32 Å². The van der Waals surface area contributed by atoms with Crippen LogP contribution in [0.5, 0.6) is 0 Å². The Morgan fingerprint density at radius 3 is 2.94 bits per heavy atom. The Morgan fingerprint density at radius 2 is 2.38 bits per heavy atom. The normalized spacial score (nSPS) is 24.6. The molecule has 2 rings (SSSR count). The number of nitrogens with two attached hydrogens (primary N) is 1. The van der Waals surface area contributed by atoms with Gasteiger partial charge in [0.15, 0.2) is 0 Å². The van der Waals surface area contributed by atoms with Crippen LogP contribution in [-0.4, -0.2) is 18.0 Å². The summed E-state index contributed by atoms with van der Waals surface area (Å²) in [5.74, 6) is 0.105. The van der Waals surface area contributed by atoms with E-state index in [0.29, 0.717) is 6.42 Å². The average Bonchev–Trinajstić information content (AvgIpc) is 2.76. The molecule has 5 heteroatoms. The summed E-state index contributed by atoms with van der Waals surface area (Å²) in [6, 6.07) is 4.50. The molecule has 16 heavy (non-hydrogen) atoms. The molecule has 88 valence electrons. The highest BCUT2D eigenvalue weighted by molar-refractivity contribution is 9.11. The summed E-state index contributed by atoms with van der Waals surface area (Å²) in [5.41, 5.74) is 5.80. The van der Waals surface area contributed by atoms with E-state index in [1.165, 1.54) is 0 Å². The van der Waals surface area contributed by atoms with E-state index in [2.05, 4.69) is 21.2 Å². The zero-order valence-electron chi connectivity index (χ0n) is 8.91. The number of rotatable bonds is 3. The van der Waals surface area contributed by atoms with Gasteiger partial charge in [0.05, 0.1) is 10.2 Å². The Kier molecular flexibility index (Phi) is 4.00. The maximum absolute atomic E-state index is 11.7. The van der Waals surface area contributed by atoms with Gasteiger partial charge in [-0.25, -0.2) is 0 Å². The van der Waals surface area contributed by atoms with Gasteiger partial charge in [0.2, 0.25) is 5.91 Å². The molecule has 1 fully saturated rings. The maximum atomic E-state index is 11.7. The van der Waals surface area contributed by atoms with Crippen LogP contribution >= 0.6 is 27.3 Å². The summed E-state index contributed by atoms with van der Waals surface area (Å²) in [7, 11) is 0. The van der Waals surface area contributed by atoms with Gasteiger partial charge in [0.1, 0.15) is 0 Å². The van der Waals surface area contributed by atoms with E-state index >= 15 is 0 Å². The van der Waals surface area contributed by atoms with E-state index in [1.54, 1.807) is 11.3 Å². The Hall–Kier alpha value is -0.390. The lowest BCUT2D eigenvalue weighted by atomic mass is 10.2. The van der Waals surface area contributed by atoms with Crippen LogP contribution in [0.25, 0.3) is 0 Å². The summed E-state index contributed by atoms with van der Waals surface area (Å²) in [4.78, 5) is 12.8. The number of hydrogen-bond acceptors (Lipinski definition) is 3. The number of thiophene rings is 1. The third-order valence-corrected chi connectivity index (χ3v) is 4.43. The number of halogens is 1. The molecule has 3 N–H and O–H groups in total. The molecule has 1 amide bonds. The standard InChI is InChI=1S/C11H15BrN2OS/c12-10-4-3-9(16-10)6-11(15)14-8-2-1-7(13)5-8/h3-4,7-8H,1-2,5-6,13H2,(H,14,15). The molecule has 1 aliphatic rings. The fourth-order valence-corrected chi connectivity index (χ4v) is 3.51. The highest BCUT2D eigenvalue weighted by Gasteiger charge is 2.23. The molecule has 2 atom stereocenters. The molecule has 1 aromatic heterocycles. The van der Waals surface area contributed by atoms with Crippen LogP contribution in [-0.2, 0) is 11.2 Å². The Morgan fingerprint density at radius 1 is 1.56 bits per heavy atom. The van der Waals surface area contributed by atoms with Crippen molar-refractivity contribution in [1.29, 1.82) is 0 Å². The summed E-state index contributed by atoms with van der Waals surface area (Å²) < 4.78 is 1.07. The fourth-order valence-electron chi connectivity index (χ4n) is 2.03. The number of carbonyl (C=O) groups is 1. The van der Waals surface area contributed by atoms with E-state index in [-0.39, 0.29) is 18.0 Å². The largest absolute Gasteiger partial charge is 0.353 e. The highest BCUT2D eigenvalue weighted by atomic mass is 79.9. The second-order valence-corrected chi connectivity index (χ2v) is 6.77. The summed E-state index contributed by atoms with van der Waals surface area (Å²) in [6.45, 7) is 0. The Balaban J connectivity index is 1.80. The Bertz CT molecular complexity index is 380. The summed E-state index contributed by atoms with van der Waals surface area (Å²) in [6.07, 6.45) is 3.43. The first-order chi connectivity index (χ1) is 7.63. The smallest absolute Gasteiger partial charge is 0.225 e. The second-order valence-electron chi connectivity index (χ2n) is 4.22. The Labute approximate surface area is 108 Å². The molecule has 0 aromatic carbocycles. The van der Waals surface area contributed by atoms with Crippen LogP contribution in [0, 0.1) is 0 Å². The van der Waals surface area contributed by atoms with Crippen molar-refractivity contribution in [3.05, 3.63) is 20.8 Å². The molecular weight excluding hydrogens is 288 g/mol. The SMILES string of the molecule is NC1CCC(NC(=O)Cc2ccc(Br)s2)C1. The van der Waals surface area contributed by atoms with Crippen molar-refractivity contribution in [3.8, 4) is 0 Å². The first kappa shape index (κ1) is 12.1. The maximum Gasteiger partial charge on any atom is 0.225 e. The van der Waals surface area contributed by atoms with Gasteiger partial charge in [-0.2, -0.15) is 0 Å². The van der Waals surface area contributed by atoms with E-state index in [1.807, 2.05) is 12.1 Å². The number of nitrogens with one attached hydrogen (secondary N) is 1. The molecule has 2 unspecified atom stereocenters. The van der Waals surface area contributed by atoms with Gasteiger partial charge in [-0.15, -0.1) is 11.3 Å². The van der Waals surface area contributed by atoms with Crippen molar-refractivity contribution in [2.75, 3.05) is 0 Å². The van der Waals surface area contributed by atoms with E-state index < -0.39 is 0 Å². The van der Waals surface area contributed by atoms with Crippen LogP contribution < -0.4 is 11.1 Å². The van der Waals surface area contributed by atoms with Crippen molar-refractivity contribution in [3.63, 3.8) is 0 Å². The summed E-state index contributed by atoms with van der Waals surface area (Å²) in [5, 5.41) is 3.04. The lowest BCUT2D eigenvalue weighted by Crippen LogP contribution is -2.34. The lowest BCUT2D eigenvalue weighted by Gasteiger charge is -2.11. The molecule has 0 saturated heterocycles. The van der Waals surface area contributed by atoms with Crippen LogP contribution in [0.1, 0.15) is 24.1 Å². The number of carbonyl (C=O) groups excluding carboxylic acids is 1. The third-order valence-electron chi connectivity index (χ3n) is 2.80. The van der Waals surface area contributed by atoms with E-state index in [9.17, 15) is 4.79 Å².